The highest BCUT2D eigenvalue weighted by Gasteiger charge is 2.17. The summed E-state index contributed by atoms with van der Waals surface area (Å²) < 4.78 is 0.900. The number of nitriles is 1. The molecule has 120 valence electrons. The number of aromatic nitrogens is 1. The normalized spacial score (nSPS) is 10.3. The summed E-state index contributed by atoms with van der Waals surface area (Å²) in [6, 6.07) is 8.16. The van der Waals surface area contributed by atoms with E-state index in [0.29, 0.717) is 18.7 Å². The van der Waals surface area contributed by atoms with Crippen molar-refractivity contribution in [2.24, 2.45) is 0 Å². The minimum atomic E-state index is 0.00287. The van der Waals surface area contributed by atoms with Gasteiger partial charge in [0.25, 0.3) is 0 Å². The van der Waals surface area contributed by atoms with Gasteiger partial charge in [0.2, 0.25) is 5.91 Å². The lowest BCUT2D eigenvalue weighted by Crippen LogP contribution is -2.33. The van der Waals surface area contributed by atoms with Gasteiger partial charge in [-0.1, -0.05) is 17.8 Å². The zero-order valence-corrected chi connectivity index (χ0v) is 15.1. The number of amides is 1. The molecule has 0 unspecified atom stereocenters. The van der Waals surface area contributed by atoms with Crippen molar-refractivity contribution in [1.82, 2.24) is 4.98 Å². The summed E-state index contributed by atoms with van der Waals surface area (Å²) in [4.78, 5) is 18.7. The first kappa shape index (κ1) is 17.5. The smallest absolute Gasteiger partial charge is 0.237 e. The van der Waals surface area contributed by atoms with Crippen molar-refractivity contribution < 1.29 is 4.79 Å². The third-order valence-corrected chi connectivity index (χ3v) is 5.31. The summed E-state index contributed by atoms with van der Waals surface area (Å²) in [5.74, 6) is 0.328. The number of carbonyl (C=O) groups is 1. The average Bonchev–Trinajstić information content (AvgIpc) is 2.90. The van der Waals surface area contributed by atoms with Gasteiger partial charge >= 0.3 is 0 Å². The van der Waals surface area contributed by atoms with Crippen LogP contribution in [-0.4, -0.2) is 23.2 Å². The van der Waals surface area contributed by atoms with E-state index in [-0.39, 0.29) is 5.91 Å². The molecule has 6 heteroatoms. The van der Waals surface area contributed by atoms with E-state index >= 15 is 0 Å². The van der Waals surface area contributed by atoms with Crippen molar-refractivity contribution in [2.75, 3.05) is 17.2 Å². The molecule has 0 spiro atoms. The molecular weight excluding hydrogens is 326 g/mol. The van der Waals surface area contributed by atoms with Gasteiger partial charge in [-0.3, -0.25) is 4.79 Å². The van der Waals surface area contributed by atoms with Crippen LogP contribution >= 0.6 is 23.1 Å². The third-order valence-electron chi connectivity index (χ3n) is 3.18. The van der Waals surface area contributed by atoms with Crippen LogP contribution in [0.2, 0.25) is 0 Å². The first-order valence-corrected chi connectivity index (χ1v) is 9.16. The van der Waals surface area contributed by atoms with Gasteiger partial charge in [0.15, 0.2) is 4.34 Å². The number of carbonyl (C=O) groups excluding carboxylic acids is 1. The molecule has 0 aliphatic rings. The molecule has 4 nitrogen and oxygen atoms in total. The van der Waals surface area contributed by atoms with Crippen LogP contribution in [0.1, 0.15) is 23.2 Å². The molecule has 0 aliphatic carbocycles. The quantitative estimate of drug-likeness (QED) is 0.739. The fourth-order valence-corrected chi connectivity index (χ4v) is 3.99. The number of benzene rings is 1. The average molecular weight is 345 g/mol. The lowest BCUT2D eigenvalue weighted by molar-refractivity contribution is -0.116. The van der Waals surface area contributed by atoms with Crippen LogP contribution in [-0.2, 0) is 4.79 Å². The molecule has 1 aromatic carbocycles. The van der Waals surface area contributed by atoms with Crippen molar-refractivity contribution in [3.05, 3.63) is 40.4 Å². The lowest BCUT2D eigenvalue weighted by Gasteiger charge is -2.22. The topological polar surface area (TPSA) is 57.0 Å². The Morgan fingerprint density at radius 2 is 2.00 bits per heavy atom. The molecule has 1 aromatic heterocycles. The Morgan fingerprint density at radius 1 is 1.30 bits per heavy atom. The molecule has 0 saturated carbocycles. The Bertz CT molecular complexity index is 713. The van der Waals surface area contributed by atoms with Crippen molar-refractivity contribution >= 4 is 34.7 Å². The van der Waals surface area contributed by atoms with E-state index in [9.17, 15) is 4.79 Å². The Labute approximate surface area is 145 Å². The minimum Gasteiger partial charge on any atom is -0.311 e. The van der Waals surface area contributed by atoms with E-state index in [1.807, 2.05) is 38.3 Å². The fraction of sp³-hybridized carbons (Fsp3) is 0.353. The van der Waals surface area contributed by atoms with Gasteiger partial charge in [-0.15, -0.1) is 11.3 Å². The molecule has 0 fully saturated rings. The Balaban J connectivity index is 2.13. The molecule has 0 atom stereocenters. The predicted molar refractivity (Wildman–Crippen MR) is 96.1 cm³/mol. The van der Waals surface area contributed by atoms with Gasteiger partial charge in [0.05, 0.1) is 18.2 Å². The Morgan fingerprint density at radius 3 is 2.57 bits per heavy atom. The molecule has 0 bridgehead atoms. The molecule has 1 heterocycles. The van der Waals surface area contributed by atoms with E-state index in [1.54, 1.807) is 16.2 Å². The number of rotatable bonds is 6. The van der Waals surface area contributed by atoms with Gasteiger partial charge in [0, 0.05) is 23.3 Å². The number of hydrogen-bond acceptors (Lipinski definition) is 5. The van der Waals surface area contributed by atoms with Gasteiger partial charge in [-0.05, 0) is 44.0 Å². The Hall–Kier alpha value is -1.84. The molecule has 1 amide bonds. The van der Waals surface area contributed by atoms with E-state index in [0.717, 1.165) is 26.8 Å². The number of anilines is 1. The van der Waals surface area contributed by atoms with Crippen molar-refractivity contribution in [2.45, 2.75) is 31.5 Å². The molecule has 0 saturated heterocycles. The van der Waals surface area contributed by atoms with Crippen LogP contribution in [0, 0.1) is 32.1 Å². The van der Waals surface area contributed by atoms with Gasteiger partial charge in [0.1, 0.15) is 0 Å². The Kier molecular flexibility index (Phi) is 6.20. The van der Waals surface area contributed by atoms with Gasteiger partial charge < -0.3 is 4.90 Å². The summed E-state index contributed by atoms with van der Waals surface area (Å²) in [5, 5.41) is 10.8. The molecule has 0 radical (unpaired) electrons. The van der Waals surface area contributed by atoms with Crippen LogP contribution in [0.5, 0.6) is 0 Å². The van der Waals surface area contributed by atoms with E-state index in [2.05, 4.69) is 17.1 Å². The first-order valence-electron chi connectivity index (χ1n) is 7.30. The SMILES string of the molecule is Cc1cc(C)cc(N(CCC#N)C(=O)CSc2nc(C)cs2)c1. The summed E-state index contributed by atoms with van der Waals surface area (Å²) >= 11 is 3.00. The molecule has 2 aromatic rings. The predicted octanol–water partition coefficient (Wildman–Crippen LogP) is 4.11. The highest BCUT2D eigenvalue weighted by molar-refractivity contribution is 8.01. The van der Waals surface area contributed by atoms with Crippen LogP contribution in [0.4, 0.5) is 5.69 Å². The maximum atomic E-state index is 12.6. The minimum absolute atomic E-state index is 0.00287. The highest BCUT2D eigenvalue weighted by atomic mass is 32.2. The van der Waals surface area contributed by atoms with Crippen molar-refractivity contribution in [1.29, 1.82) is 5.26 Å². The largest absolute Gasteiger partial charge is 0.311 e. The zero-order chi connectivity index (χ0) is 16.8. The second-order valence-corrected chi connectivity index (χ2v) is 7.42. The molecule has 0 N–H and O–H groups in total. The van der Waals surface area contributed by atoms with E-state index in [1.165, 1.54) is 11.8 Å². The monoisotopic (exact) mass is 345 g/mol. The molecule has 23 heavy (non-hydrogen) atoms. The third kappa shape index (κ3) is 5.08. The summed E-state index contributed by atoms with van der Waals surface area (Å²) in [5.41, 5.74) is 4.05. The number of thioether (sulfide) groups is 1. The number of hydrogen-bond donors (Lipinski definition) is 0. The summed E-state index contributed by atoms with van der Waals surface area (Å²) in [6.45, 7) is 6.37. The van der Waals surface area contributed by atoms with Crippen LogP contribution in [0.25, 0.3) is 0 Å². The van der Waals surface area contributed by atoms with Crippen molar-refractivity contribution in [3.63, 3.8) is 0 Å². The molecule has 2 rings (SSSR count). The van der Waals surface area contributed by atoms with E-state index in [4.69, 9.17) is 5.26 Å². The standard InChI is InChI=1S/C17H19N3OS2/c1-12-7-13(2)9-15(8-12)20(6-4-5-18)16(21)11-23-17-19-14(3)10-22-17/h7-10H,4,6,11H2,1-3H3. The second kappa shape index (κ2) is 8.14. The lowest BCUT2D eigenvalue weighted by atomic mass is 10.1. The van der Waals surface area contributed by atoms with Crippen LogP contribution in [0.3, 0.4) is 0 Å². The maximum Gasteiger partial charge on any atom is 0.237 e. The second-order valence-electron chi connectivity index (χ2n) is 5.34. The summed E-state index contributed by atoms with van der Waals surface area (Å²) in [7, 11) is 0. The number of thiazole rings is 1. The van der Waals surface area contributed by atoms with Crippen LogP contribution in [0.15, 0.2) is 27.9 Å². The molecule has 0 aliphatic heterocycles. The fourth-order valence-electron chi connectivity index (χ4n) is 2.27. The number of aryl methyl sites for hydroxylation is 3. The number of nitrogens with zero attached hydrogens (tertiary/aromatic N) is 3. The van der Waals surface area contributed by atoms with Crippen LogP contribution < -0.4 is 4.90 Å². The molecular formula is C17H19N3OS2. The van der Waals surface area contributed by atoms with Gasteiger partial charge in [-0.25, -0.2) is 4.98 Å². The highest BCUT2D eigenvalue weighted by Crippen LogP contribution is 2.25. The first-order chi connectivity index (χ1) is 11.0. The van der Waals surface area contributed by atoms with Crippen molar-refractivity contribution in [3.8, 4) is 6.07 Å². The van der Waals surface area contributed by atoms with E-state index < -0.39 is 0 Å². The maximum absolute atomic E-state index is 12.6. The van der Waals surface area contributed by atoms with Gasteiger partial charge in [-0.2, -0.15) is 5.26 Å². The zero-order valence-electron chi connectivity index (χ0n) is 13.5. The summed E-state index contributed by atoms with van der Waals surface area (Å²) in [6.07, 6.45) is 0.319.